The van der Waals surface area contributed by atoms with Crippen LogP contribution in [0.4, 0.5) is 20.6 Å². The minimum atomic E-state index is -0.501. The first-order valence-electron chi connectivity index (χ1n) is 9.10. The van der Waals surface area contributed by atoms with Crippen LogP contribution in [0.1, 0.15) is 0 Å². The first-order chi connectivity index (χ1) is 14.6. The van der Waals surface area contributed by atoms with Crippen LogP contribution in [-0.2, 0) is 0 Å². The van der Waals surface area contributed by atoms with Gasteiger partial charge in [-0.15, -0.1) is 0 Å². The van der Waals surface area contributed by atoms with E-state index in [1.807, 2.05) is 0 Å². The van der Waals surface area contributed by atoms with Crippen LogP contribution in [0.3, 0.4) is 0 Å². The fourth-order valence-corrected chi connectivity index (χ4v) is 3.20. The van der Waals surface area contributed by atoms with E-state index in [2.05, 4.69) is 20.6 Å². The standard InChI is InChI=1S/C22H19FN4O3/c1-29-15-4-6-18(19(12-15)30-2)26-22(28)27-21-16-11-14(23)3-5-17(16)25-20(21)13-7-9-24-10-8-13/h3-12,25H,1-2H3,(H2,26,27,28). The molecule has 0 aliphatic rings. The van der Waals surface area contributed by atoms with E-state index in [1.165, 1.54) is 19.2 Å². The lowest BCUT2D eigenvalue weighted by Crippen LogP contribution is -2.20. The van der Waals surface area contributed by atoms with Gasteiger partial charge in [-0.25, -0.2) is 9.18 Å². The summed E-state index contributed by atoms with van der Waals surface area (Å²) in [6.45, 7) is 0. The van der Waals surface area contributed by atoms with Crippen LogP contribution in [0.5, 0.6) is 11.5 Å². The minimum absolute atomic E-state index is 0.400. The molecule has 2 aromatic heterocycles. The van der Waals surface area contributed by atoms with Gasteiger partial charge in [0.1, 0.15) is 17.3 Å². The Labute approximate surface area is 171 Å². The van der Waals surface area contributed by atoms with Gasteiger partial charge in [-0.05, 0) is 42.5 Å². The van der Waals surface area contributed by atoms with Crippen LogP contribution in [-0.4, -0.2) is 30.2 Å². The maximum absolute atomic E-state index is 13.9. The zero-order valence-corrected chi connectivity index (χ0v) is 16.3. The third-order valence-electron chi connectivity index (χ3n) is 4.63. The van der Waals surface area contributed by atoms with Gasteiger partial charge < -0.3 is 25.1 Å². The molecule has 2 aromatic carbocycles. The van der Waals surface area contributed by atoms with Crippen molar-refractivity contribution >= 4 is 28.3 Å². The second-order valence-electron chi connectivity index (χ2n) is 6.45. The number of pyridine rings is 1. The van der Waals surface area contributed by atoms with E-state index >= 15 is 0 Å². The summed E-state index contributed by atoms with van der Waals surface area (Å²) >= 11 is 0. The Morgan fingerprint density at radius 1 is 1.00 bits per heavy atom. The molecule has 4 rings (SSSR count). The summed E-state index contributed by atoms with van der Waals surface area (Å²) in [5.74, 6) is 0.650. The van der Waals surface area contributed by atoms with E-state index < -0.39 is 11.8 Å². The number of hydrogen-bond donors (Lipinski definition) is 3. The molecule has 152 valence electrons. The molecule has 0 bridgehead atoms. The molecule has 0 aliphatic carbocycles. The van der Waals surface area contributed by atoms with Crippen LogP contribution in [0.2, 0.25) is 0 Å². The van der Waals surface area contributed by atoms with Crippen molar-refractivity contribution < 1.29 is 18.7 Å². The van der Waals surface area contributed by atoms with Crippen molar-refractivity contribution in [2.45, 2.75) is 0 Å². The first-order valence-corrected chi connectivity index (χ1v) is 9.10. The highest BCUT2D eigenvalue weighted by molar-refractivity contribution is 6.11. The Hall–Kier alpha value is -4.07. The van der Waals surface area contributed by atoms with E-state index in [9.17, 15) is 9.18 Å². The van der Waals surface area contributed by atoms with Gasteiger partial charge in [0.15, 0.2) is 0 Å². The molecular formula is C22H19FN4O3. The van der Waals surface area contributed by atoms with Gasteiger partial charge >= 0.3 is 6.03 Å². The third-order valence-corrected chi connectivity index (χ3v) is 4.63. The lowest BCUT2D eigenvalue weighted by Gasteiger charge is -2.13. The van der Waals surface area contributed by atoms with Crippen LogP contribution < -0.4 is 20.1 Å². The number of benzene rings is 2. The fraction of sp³-hybridized carbons (Fsp3) is 0.0909. The molecule has 0 saturated carbocycles. The molecule has 0 radical (unpaired) electrons. The molecule has 0 spiro atoms. The number of fused-ring (bicyclic) bond motifs is 1. The number of nitrogens with one attached hydrogen (secondary N) is 3. The molecule has 0 aliphatic heterocycles. The smallest absolute Gasteiger partial charge is 0.323 e. The summed E-state index contributed by atoms with van der Waals surface area (Å²) in [6, 6.07) is 12.5. The monoisotopic (exact) mass is 406 g/mol. The maximum Gasteiger partial charge on any atom is 0.323 e. The topological polar surface area (TPSA) is 88.3 Å². The number of anilines is 2. The summed E-state index contributed by atoms with van der Waals surface area (Å²) < 4.78 is 24.4. The molecule has 0 atom stereocenters. The van der Waals surface area contributed by atoms with Gasteiger partial charge in [-0.3, -0.25) is 4.98 Å². The van der Waals surface area contributed by atoms with E-state index in [4.69, 9.17) is 9.47 Å². The van der Waals surface area contributed by atoms with E-state index in [1.54, 1.807) is 55.9 Å². The normalized spacial score (nSPS) is 10.6. The van der Waals surface area contributed by atoms with Crippen LogP contribution in [0.15, 0.2) is 60.9 Å². The fourth-order valence-electron chi connectivity index (χ4n) is 3.20. The molecule has 7 nitrogen and oxygen atoms in total. The van der Waals surface area contributed by atoms with Gasteiger partial charge in [0.05, 0.1) is 31.3 Å². The number of rotatable bonds is 5. The SMILES string of the molecule is COc1ccc(NC(=O)Nc2c(-c3ccncc3)[nH]c3ccc(F)cc23)c(OC)c1. The number of carbonyl (C=O) groups excluding carboxylic acids is 1. The lowest BCUT2D eigenvalue weighted by molar-refractivity contribution is 0.262. The van der Waals surface area contributed by atoms with Crippen molar-refractivity contribution in [3.8, 4) is 22.8 Å². The summed E-state index contributed by atoms with van der Waals surface area (Å²) in [6.07, 6.45) is 3.29. The number of hydrogen-bond acceptors (Lipinski definition) is 4. The lowest BCUT2D eigenvalue weighted by atomic mass is 10.1. The molecule has 0 fully saturated rings. The predicted molar refractivity (Wildman–Crippen MR) is 114 cm³/mol. The number of halogens is 1. The Bertz CT molecular complexity index is 1210. The predicted octanol–water partition coefficient (Wildman–Crippen LogP) is 5.03. The zero-order valence-electron chi connectivity index (χ0n) is 16.3. The van der Waals surface area contributed by atoms with Gasteiger partial charge in [0, 0.05) is 34.9 Å². The molecule has 0 unspecified atom stereocenters. The Morgan fingerprint density at radius 3 is 2.53 bits per heavy atom. The number of methoxy groups -OCH3 is 2. The molecule has 8 heteroatoms. The number of ether oxygens (including phenoxy) is 2. The first kappa shape index (κ1) is 19.3. The van der Waals surface area contributed by atoms with E-state index in [-0.39, 0.29) is 0 Å². The molecule has 3 N–H and O–H groups in total. The molecule has 2 amide bonds. The molecule has 2 heterocycles. The molecular weight excluding hydrogens is 387 g/mol. The highest BCUT2D eigenvalue weighted by Gasteiger charge is 2.17. The average molecular weight is 406 g/mol. The van der Waals surface area contributed by atoms with Crippen LogP contribution >= 0.6 is 0 Å². The molecule has 30 heavy (non-hydrogen) atoms. The maximum atomic E-state index is 13.9. The van der Waals surface area contributed by atoms with E-state index in [0.717, 1.165) is 5.56 Å². The second-order valence-corrected chi connectivity index (χ2v) is 6.45. The number of urea groups is 1. The van der Waals surface area contributed by atoms with Crippen LogP contribution in [0.25, 0.3) is 22.2 Å². The number of amides is 2. The van der Waals surface area contributed by atoms with Gasteiger partial charge in [-0.2, -0.15) is 0 Å². The van der Waals surface area contributed by atoms with Crippen molar-refractivity contribution in [3.63, 3.8) is 0 Å². The number of carbonyl (C=O) groups is 1. The number of aromatic amines is 1. The van der Waals surface area contributed by atoms with Crippen LogP contribution in [0, 0.1) is 5.82 Å². The highest BCUT2D eigenvalue weighted by Crippen LogP contribution is 2.36. The Morgan fingerprint density at radius 2 is 1.80 bits per heavy atom. The Kier molecular flexibility index (Phi) is 5.21. The summed E-state index contributed by atoms with van der Waals surface area (Å²) in [4.78, 5) is 20.0. The van der Waals surface area contributed by atoms with Crippen molar-refractivity contribution in [1.29, 1.82) is 0 Å². The van der Waals surface area contributed by atoms with Crippen molar-refractivity contribution in [2.24, 2.45) is 0 Å². The number of nitrogens with zero attached hydrogens (tertiary/aromatic N) is 1. The van der Waals surface area contributed by atoms with Gasteiger partial charge in [0.25, 0.3) is 0 Å². The quantitative estimate of drug-likeness (QED) is 0.434. The summed E-state index contributed by atoms with van der Waals surface area (Å²) in [5, 5.41) is 6.15. The van der Waals surface area contributed by atoms with Crippen molar-refractivity contribution in [2.75, 3.05) is 24.9 Å². The second kappa shape index (κ2) is 8.12. The molecule has 4 aromatic rings. The Balaban J connectivity index is 1.69. The summed E-state index contributed by atoms with van der Waals surface area (Å²) in [7, 11) is 3.05. The van der Waals surface area contributed by atoms with Gasteiger partial charge in [0.2, 0.25) is 0 Å². The number of aromatic nitrogens is 2. The largest absolute Gasteiger partial charge is 0.497 e. The van der Waals surface area contributed by atoms with E-state index in [0.29, 0.717) is 39.5 Å². The van der Waals surface area contributed by atoms with Crippen molar-refractivity contribution in [3.05, 3.63) is 66.7 Å². The highest BCUT2D eigenvalue weighted by atomic mass is 19.1. The molecule has 0 saturated heterocycles. The zero-order chi connectivity index (χ0) is 21.1. The summed E-state index contributed by atoms with van der Waals surface area (Å²) in [5.41, 5.74) is 3.07. The van der Waals surface area contributed by atoms with Crippen molar-refractivity contribution in [1.82, 2.24) is 9.97 Å². The minimum Gasteiger partial charge on any atom is -0.497 e. The third kappa shape index (κ3) is 3.75. The number of H-pyrrole nitrogens is 1. The average Bonchev–Trinajstić information content (AvgIpc) is 3.12. The van der Waals surface area contributed by atoms with Gasteiger partial charge in [-0.1, -0.05) is 0 Å².